The summed E-state index contributed by atoms with van der Waals surface area (Å²) < 4.78 is 16.7. The molecule has 2 nitrogen and oxygen atoms in total. The van der Waals surface area contributed by atoms with Crippen molar-refractivity contribution in [1.82, 2.24) is 0 Å². The third kappa shape index (κ3) is 0.879. The molecule has 1 saturated heterocycles. The first-order valence-corrected chi connectivity index (χ1v) is 2.52. The summed E-state index contributed by atoms with van der Waals surface area (Å²) in [5, 5.41) is 0. The van der Waals surface area contributed by atoms with Crippen LogP contribution in [0.25, 0.3) is 0 Å². The average Bonchev–Trinajstić information content (AvgIpc) is 2.15. The van der Waals surface area contributed by atoms with E-state index in [-0.39, 0.29) is 6.61 Å². The van der Waals surface area contributed by atoms with Gasteiger partial charge >= 0.3 is 5.97 Å². The minimum absolute atomic E-state index is 0.0243. The van der Waals surface area contributed by atoms with E-state index < -0.39 is 18.1 Å². The van der Waals surface area contributed by atoms with Gasteiger partial charge in [0.2, 0.25) is 6.17 Å². The summed E-state index contributed by atoms with van der Waals surface area (Å²) in [5.74, 6) is 0.619. The summed E-state index contributed by atoms with van der Waals surface area (Å²) in [6, 6.07) is 0. The molecule has 9 heavy (non-hydrogen) atoms. The number of carbonyl (C=O) groups is 1. The number of terminal acetylenes is 1. The van der Waals surface area contributed by atoms with Crippen molar-refractivity contribution >= 4 is 5.97 Å². The quantitative estimate of drug-likeness (QED) is 0.342. The van der Waals surface area contributed by atoms with Crippen LogP contribution in [0, 0.1) is 18.3 Å². The van der Waals surface area contributed by atoms with Crippen LogP contribution in [0.15, 0.2) is 0 Å². The Labute approximate surface area is 52.0 Å². The predicted molar refractivity (Wildman–Crippen MR) is 28.2 cm³/mol. The fourth-order valence-electron chi connectivity index (χ4n) is 0.633. The summed E-state index contributed by atoms with van der Waals surface area (Å²) in [4.78, 5) is 10.3. The summed E-state index contributed by atoms with van der Waals surface area (Å²) in [6.07, 6.45) is 3.26. The minimum Gasteiger partial charge on any atom is -0.462 e. The number of hydrogen-bond acceptors (Lipinski definition) is 2. The molecule has 0 N–H and O–H groups in total. The van der Waals surface area contributed by atoms with Gasteiger partial charge in [0.1, 0.15) is 6.61 Å². The highest BCUT2D eigenvalue weighted by molar-refractivity contribution is 5.77. The van der Waals surface area contributed by atoms with Gasteiger partial charge in [-0.05, 0) is 0 Å². The largest absolute Gasteiger partial charge is 0.462 e. The van der Waals surface area contributed by atoms with Gasteiger partial charge in [0.25, 0.3) is 0 Å². The summed E-state index contributed by atoms with van der Waals surface area (Å²) >= 11 is 0. The Hall–Kier alpha value is -1.04. The van der Waals surface area contributed by atoms with Crippen LogP contribution in [0.4, 0.5) is 4.39 Å². The number of halogens is 1. The molecule has 0 radical (unpaired) electrons. The van der Waals surface area contributed by atoms with E-state index in [0.29, 0.717) is 0 Å². The van der Waals surface area contributed by atoms with Crippen molar-refractivity contribution < 1.29 is 13.9 Å². The Balaban J connectivity index is 2.64. The van der Waals surface area contributed by atoms with Crippen molar-refractivity contribution in [2.75, 3.05) is 6.61 Å². The maximum atomic E-state index is 12.4. The topological polar surface area (TPSA) is 26.3 Å². The van der Waals surface area contributed by atoms with E-state index in [1.807, 2.05) is 0 Å². The molecule has 0 saturated carbocycles. The molecular formula is C6H5FO2. The fraction of sp³-hybridized carbons (Fsp3) is 0.500. The number of ether oxygens (including phenoxy) is 1. The van der Waals surface area contributed by atoms with Crippen LogP contribution in [0.1, 0.15) is 0 Å². The maximum Gasteiger partial charge on any atom is 0.342 e. The van der Waals surface area contributed by atoms with Crippen molar-refractivity contribution in [1.29, 1.82) is 0 Å². The molecule has 0 aromatic heterocycles. The lowest BCUT2D eigenvalue weighted by Crippen LogP contribution is -2.14. The number of alkyl halides is 1. The molecule has 0 bridgehead atoms. The third-order valence-corrected chi connectivity index (χ3v) is 1.20. The zero-order valence-electron chi connectivity index (χ0n) is 4.63. The Bertz CT molecular complexity index is 170. The Kier molecular flexibility index (Phi) is 1.39. The smallest absolute Gasteiger partial charge is 0.342 e. The van der Waals surface area contributed by atoms with E-state index >= 15 is 0 Å². The molecular weight excluding hydrogens is 123 g/mol. The van der Waals surface area contributed by atoms with Gasteiger partial charge in [-0.15, -0.1) is 6.42 Å². The predicted octanol–water partition coefficient (Wildman–Crippen LogP) is 0.131. The standard InChI is InChI=1S/C6H5FO2/c1-2-4-3-9-6(8)5(4)7/h1,4-5H,3H2. The highest BCUT2D eigenvalue weighted by Gasteiger charge is 2.35. The van der Waals surface area contributed by atoms with Gasteiger partial charge in [0, 0.05) is 0 Å². The molecule has 2 atom stereocenters. The number of cyclic esters (lactones) is 1. The zero-order valence-corrected chi connectivity index (χ0v) is 4.63. The average molecular weight is 128 g/mol. The number of hydrogen-bond donors (Lipinski definition) is 0. The highest BCUT2D eigenvalue weighted by atomic mass is 19.1. The van der Waals surface area contributed by atoms with E-state index in [1.54, 1.807) is 0 Å². The Morgan fingerprint density at radius 1 is 1.89 bits per heavy atom. The highest BCUT2D eigenvalue weighted by Crippen LogP contribution is 2.16. The number of carbonyl (C=O) groups excluding carboxylic acids is 1. The van der Waals surface area contributed by atoms with Crippen molar-refractivity contribution in [3.05, 3.63) is 0 Å². The van der Waals surface area contributed by atoms with E-state index in [2.05, 4.69) is 10.7 Å². The Morgan fingerprint density at radius 2 is 2.56 bits per heavy atom. The summed E-state index contributed by atoms with van der Waals surface area (Å²) in [5.41, 5.74) is 0. The SMILES string of the molecule is C#CC1COC(=O)C1F. The summed E-state index contributed by atoms with van der Waals surface area (Å²) in [6.45, 7) is 0.0243. The van der Waals surface area contributed by atoms with E-state index in [9.17, 15) is 9.18 Å². The van der Waals surface area contributed by atoms with Crippen LogP contribution in [0.2, 0.25) is 0 Å². The lowest BCUT2D eigenvalue weighted by Gasteiger charge is -1.94. The first kappa shape index (κ1) is 6.09. The van der Waals surface area contributed by atoms with Crippen LogP contribution in [-0.4, -0.2) is 18.7 Å². The number of esters is 1. The first-order chi connectivity index (χ1) is 4.25. The maximum absolute atomic E-state index is 12.4. The zero-order chi connectivity index (χ0) is 6.85. The van der Waals surface area contributed by atoms with Crippen LogP contribution in [0.3, 0.4) is 0 Å². The molecule has 0 spiro atoms. The molecule has 48 valence electrons. The van der Waals surface area contributed by atoms with E-state index in [1.165, 1.54) is 0 Å². The minimum atomic E-state index is -1.60. The van der Waals surface area contributed by atoms with E-state index in [0.717, 1.165) is 0 Å². The van der Waals surface area contributed by atoms with Crippen molar-refractivity contribution in [2.45, 2.75) is 6.17 Å². The normalized spacial score (nSPS) is 33.6. The van der Waals surface area contributed by atoms with Gasteiger partial charge in [-0.1, -0.05) is 5.92 Å². The van der Waals surface area contributed by atoms with Crippen molar-refractivity contribution in [3.8, 4) is 12.3 Å². The van der Waals surface area contributed by atoms with Crippen LogP contribution < -0.4 is 0 Å². The number of rotatable bonds is 0. The van der Waals surface area contributed by atoms with Crippen LogP contribution in [-0.2, 0) is 9.53 Å². The molecule has 1 heterocycles. The molecule has 1 aliphatic rings. The molecule has 0 amide bonds. The van der Waals surface area contributed by atoms with Crippen molar-refractivity contribution in [2.24, 2.45) is 5.92 Å². The molecule has 0 aromatic rings. The Morgan fingerprint density at radius 3 is 2.78 bits per heavy atom. The molecule has 0 aromatic carbocycles. The van der Waals surface area contributed by atoms with Gasteiger partial charge in [0.15, 0.2) is 0 Å². The first-order valence-electron chi connectivity index (χ1n) is 2.52. The van der Waals surface area contributed by atoms with Gasteiger partial charge < -0.3 is 4.74 Å². The van der Waals surface area contributed by atoms with Crippen LogP contribution in [0.5, 0.6) is 0 Å². The summed E-state index contributed by atoms with van der Waals surface area (Å²) in [7, 11) is 0. The van der Waals surface area contributed by atoms with Gasteiger partial charge in [-0.3, -0.25) is 0 Å². The lowest BCUT2D eigenvalue weighted by atomic mass is 10.1. The fourth-order valence-corrected chi connectivity index (χ4v) is 0.633. The third-order valence-electron chi connectivity index (χ3n) is 1.20. The van der Waals surface area contributed by atoms with Gasteiger partial charge in [-0.25, -0.2) is 9.18 Å². The van der Waals surface area contributed by atoms with Gasteiger partial charge in [-0.2, -0.15) is 0 Å². The second-order valence-corrected chi connectivity index (χ2v) is 1.80. The lowest BCUT2D eigenvalue weighted by molar-refractivity contribution is -0.141. The van der Waals surface area contributed by atoms with Gasteiger partial charge in [0.05, 0.1) is 5.92 Å². The van der Waals surface area contributed by atoms with Crippen LogP contribution >= 0.6 is 0 Å². The molecule has 1 rings (SSSR count). The van der Waals surface area contributed by atoms with E-state index in [4.69, 9.17) is 6.42 Å². The molecule has 0 aliphatic carbocycles. The monoisotopic (exact) mass is 128 g/mol. The second kappa shape index (κ2) is 2.06. The second-order valence-electron chi connectivity index (χ2n) is 1.80. The molecule has 1 fully saturated rings. The molecule has 2 unspecified atom stereocenters. The van der Waals surface area contributed by atoms with Crippen molar-refractivity contribution in [3.63, 3.8) is 0 Å². The molecule has 1 aliphatic heterocycles. The molecule has 3 heteroatoms.